The number of nitrogens with two attached hydrogens (primary N) is 1. The first-order chi connectivity index (χ1) is 15.6. The SMILES string of the molecule is CCCCCCCCCCCCOP(=O)(O)OC[C@H]1CC(F)(F)[C@H](n2ccc(N)nc2=O)O1. The third-order valence-corrected chi connectivity index (χ3v) is 6.45. The number of ether oxygens (including phenoxy) is 1. The van der Waals surface area contributed by atoms with Crippen LogP contribution in [0.5, 0.6) is 0 Å². The number of unbranched alkanes of at least 4 members (excludes halogenated alkanes) is 9. The van der Waals surface area contributed by atoms with Crippen molar-refractivity contribution >= 4 is 13.6 Å². The molecule has 1 unspecified atom stereocenters. The molecule has 1 aromatic rings. The van der Waals surface area contributed by atoms with Crippen molar-refractivity contribution in [2.75, 3.05) is 18.9 Å². The minimum Gasteiger partial charge on any atom is -0.383 e. The summed E-state index contributed by atoms with van der Waals surface area (Å²) in [5.41, 5.74) is 4.39. The van der Waals surface area contributed by atoms with Crippen LogP contribution in [0.1, 0.15) is 83.8 Å². The Labute approximate surface area is 193 Å². The molecule has 0 saturated carbocycles. The first-order valence-electron chi connectivity index (χ1n) is 11.6. The van der Waals surface area contributed by atoms with Gasteiger partial charge in [-0.25, -0.2) is 18.1 Å². The van der Waals surface area contributed by atoms with Crippen LogP contribution in [0.25, 0.3) is 0 Å². The Morgan fingerprint density at radius 1 is 1.18 bits per heavy atom. The summed E-state index contributed by atoms with van der Waals surface area (Å²) in [5.74, 6) is -3.50. The van der Waals surface area contributed by atoms with Gasteiger partial charge in [0.15, 0.2) is 0 Å². The Kier molecular flexibility index (Phi) is 11.4. The average molecular weight is 496 g/mol. The fraction of sp³-hybridized carbons (Fsp3) is 0.810. The summed E-state index contributed by atoms with van der Waals surface area (Å²) in [6.07, 6.45) is 8.33. The van der Waals surface area contributed by atoms with Gasteiger partial charge in [0, 0.05) is 12.6 Å². The molecule has 1 aromatic heterocycles. The Balaban J connectivity index is 1.64. The van der Waals surface area contributed by atoms with E-state index in [-0.39, 0.29) is 12.4 Å². The first-order valence-corrected chi connectivity index (χ1v) is 13.1. The van der Waals surface area contributed by atoms with Crippen molar-refractivity contribution in [1.82, 2.24) is 9.55 Å². The summed E-state index contributed by atoms with van der Waals surface area (Å²) < 4.78 is 56.3. The van der Waals surface area contributed by atoms with Crippen molar-refractivity contribution in [2.45, 2.75) is 95.8 Å². The largest absolute Gasteiger partial charge is 0.472 e. The van der Waals surface area contributed by atoms with Crippen LogP contribution >= 0.6 is 7.82 Å². The average Bonchev–Trinajstić information content (AvgIpc) is 3.05. The molecule has 2 rings (SSSR count). The zero-order valence-corrected chi connectivity index (χ0v) is 20.1. The van der Waals surface area contributed by atoms with Gasteiger partial charge in [-0.05, 0) is 12.5 Å². The van der Waals surface area contributed by atoms with Crippen molar-refractivity contribution in [2.24, 2.45) is 0 Å². The smallest absolute Gasteiger partial charge is 0.383 e. The van der Waals surface area contributed by atoms with Crippen molar-refractivity contribution in [3.8, 4) is 0 Å². The number of aromatic nitrogens is 2. The monoisotopic (exact) mass is 495 g/mol. The number of phosphoric ester groups is 1. The number of rotatable bonds is 16. The molecular weight excluding hydrogens is 459 g/mol. The van der Waals surface area contributed by atoms with E-state index in [0.717, 1.165) is 25.5 Å². The van der Waals surface area contributed by atoms with Crippen molar-refractivity contribution in [3.63, 3.8) is 0 Å². The predicted molar refractivity (Wildman–Crippen MR) is 120 cm³/mol. The summed E-state index contributed by atoms with van der Waals surface area (Å²) in [7, 11) is -4.39. The summed E-state index contributed by atoms with van der Waals surface area (Å²) in [6.45, 7) is 1.66. The number of alkyl halides is 2. The lowest BCUT2D eigenvalue weighted by atomic mass is 10.1. The van der Waals surface area contributed by atoms with E-state index >= 15 is 0 Å². The number of phosphoric acid groups is 1. The second kappa shape index (κ2) is 13.5. The molecule has 3 N–H and O–H groups in total. The highest BCUT2D eigenvalue weighted by molar-refractivity contribution is 7.47. The predicted octanol–water partition coefficient (Wildman–Crippen LogP) is 4.80. The lowest BCUT2D eigenvalue weighted by Gasteiger charge is -2.19. The lowest BCUT2D eigenvalue weighted by molar-refractivity contribution is -0.120. The van der Waals surface area contributed by atoms with Gasteiger partial charge in [0.25, 0.3) is 5.92 Å². The second-order valence-corrected chi connectivity index (χ2v) is 9.85. The standard InChI is InChI=1S/C21H36F2N3O6P/c1-2-3-4-5-6-7-8-9-10-11-14-30-33(28,29)31-16-17-15-21(22,23)19(32-17)26-13-12-18(24)25-20(26)27/h12-13,17,19H,2-11,14-16H2,1H3,(H,28,29)(H2,24,25,27)/t17-,19-/m1/s1. The maximum atomic E-state index is 14.3. The molecule has 9 nitrogen and oxygen atoms in total. The van der Waals surface area contributed by atoms with Gasteiger partial charge < -0.3 is 15.4 Å². The van der Waals surface area contributed by atoms with E-state index in [2.05, 4.69) is 11.9 Å². The lowest BCUT2D eigenvalue weighted by Crippen LogP contribution is -2.35. The van der Waals surface area contributed by atoms with Gasteiger partial charge >= 0.3 is 13.5 Å². The molecule has 0 aromatic carbocycles. The molecule has 0 bridgehead atoms. The topological polar surface area (TPSA) is 126 Å². The molecule has 1 aliphatic heterocycles. The van der Waals surface area contributed by atoms with Crippen LogP contribution in [-0.2, 0) is 18.3 Å². The zero-order chi connectivity index (χ0) is 24.3. The maximum Gasteiger partial charge on any atom is 0.472 e. The first kappa shape index (κ1) is 27.9. The molecule has 3 atom stereocenters. The fourth-order valence-corrected chi connectivity index (χ4v) is 4.48. The highest BCUT2D eigenvalue weighted by Gasteiger charge is 2.52. The van der Waals surface area contributed by atoms with Crippen LogP contribution in [0.3, 0.4) is 0 Å². The van der Waals surface area contributed by atoms with E-state index in [1.165, 1.54) is 44.6 Å². The Morgan fingerprint density at radius 3 is 2.39 bits per heavy atom. The minimum atomic E-state index is -4.39. The van der Waals surface area contributed by atoms with Crippen LogP contribution < -0.4 is 11.4 Å². The third-order valence-electron chi connectivity index (χ3n) is 5.46. The van der Waals surface area contributed by atoms with Gasteiger partial charge in [-0.2, -0.15) is 4.98 Å². The number of anilines is 1. The molecule has 1 saturated heterocycles. The number of hydrogen-bond donors (Lipinski definition) is 2. The molecule has 33 heavy (non-hydrogen) atoms. The van der Waals surface area contributed by atoms with E-state index in [0.29, 0.717) is 11.0 Å². The molecule has 0 aliphatic carbocycles. The molecule has 0 radical (unpaired) electrons. The van der Waals surface area contributed by atoms with E-state index in [1.54, 1.807) is 0 Å². The van der Waals surface area contributed by atoms with Crippen molar-refractivity contribution in [1.29, 1.82) is 0 Å². The van der Waals surface area contributed by atoms with Crippen LogP contribution in [0.2, 0.25) is 0 Å². The molecular formula is C21H36F2N3O6P. The van der Waals surface area contributed by atoms with Crippen molar-refractivity contribution < 1.29 is 32.0 Å². The van der Waals surface area contributed by atoms with Gasteiger partial charge in [-0.3, -0.25) is 13.6 Å². The quantitative estimate of drug-likeness (QED) is 0.247. The summed E-state index contributed by atoms with van der Waals surface area (Å²) >= 11 is 0. The molecule has 2 heterocycles. The maximum absolute atomic E-state index is 14.3. The minimum absolute atomic E-state index is 0.0427. The Hall–Kier alpha value is -1.39. The number of halogens is 2. The summed E-state index contributed by atoms with van der Waals surface area (Å²) in [4.78, 5) is 25.0. The number of nitrogens with zero attached hydrogens (tertiary/aromatic N) is 2. The highest BCUT2D eigenvalue weighted by atomic mass is 31.2. The Bertz CT molecular complexity index is 825. The van der Waals surface area contributed by atoms with Crippen LogP contribution in [0.4, 0.5) is 14.6 Å². The van der Waals surface area contributed by atoms with Gasteiger partial charge in [0.1, 0.15) is 5.82 Å². The Morgan fingerprint density at radius 2 is 1.79 bits per heavy atom. The zero-order valence-electron chi connectivity index (χ0n) is 19.2. The van der Waals surface area contributed by atoms with Crippen LogP contribution in [0.15, 0.2) is 17.1 Å². The van der Waals surface area contributed by atoms with Gasteiger partial charge in [0.2, 0.25) is 6.23 Å². The molecule has 0 amide bonds. The normalized spacial score (nSPS) is 21.8. The molecule has 1 aliphatic rings. The third kappa shape index (κ3) is 9.78. The number of nitrogen functional groups attached to an aromatic ring is 1. The number of hydrogen-bond acceptors (Lipinski definition) is 7. The van der Waals surface area contributed by atoms with Gasteiger partial charge in [0.05, 0.1) is 19.3 Å². The van der Waals surface area contributed by atoms with E-state index < -0.39 is 44.8 Å². The fourth-order valence-electron chi connectivity index (χ4n) is 3.69. The molecule has 0 spiro atoms. The van der Waals surface area contributed by atoms with E-state index in [4.69, 9.17) is 19.5 Å². The highest BCUT2D eigenvalue weighted by Crippen LogP contribution is 2.46. The molecule has 190 valence electrons. The van der Waals surface area contributed by atoms with Crippen LogP contribution in [-0.4, -0.2) is 39.7 Å². The summed E-state index contributed by atoms with van der Waals surface area (Å²) in [6, 6.07) is 1.20. The molecule has 1 fully saturated rings. The second-order valence-electron chi connectivity index (χ2n) is 8.40. The van der Waals surface area contributed by atoms with Crippen molar-refractivity contribution in [3.05, 3.63) is 22.7 Å². The van der Waals surface area contributed by atoms with Gasteiger partial charge in [-0.15, -0.1) is 0 Å². The van der Waals surface area contributed by atoms with E-state index in [9.17, 15) is 23.0 Å². The van der Waals surface area contributed by atoms with Gasteiger partial charge in [-0.1, -0.05) is 64.7 Å². The van der Waals surface area contributed by atoms with Crippen LogP contribution in [0, 0.1) is 0 Å². The summed E-state index contributed by atoms with van der Waals surface area (Å²) in [5, 5.41) is 0. The van der Waals surface area contributed by atoms with E-state index in [1.807, 2.05) is 0 Å². The molecule has 12 heteroatoms.